The number of halogens is 1. The zero-order valence-corrected chi connectivity index (χ0v) is 9.01. The van der Waals surface area contributed by atoms with Gasteiger partial charge in [0.1, 0.15) is 5.82 Å². The van der Waals surface area contributed by atoms with Crippen molar-refractivity contribution < 1.29 is 14.3 Å². The van der Waals surface area contributed by atoms with E-state index in [1.807, 2.05) is 0 Å². The Balaban J connectivity index is 1.97. The number of rotatable bonds is 4. The van der Waals surface area contributed by atoms with E-state index in [1.165, 1.54) is 24.5 Å². The Labute approximate surface area is 97.3 Å². The Bertz CT molecular complexity index is 520. The molecular formula is C12H11FN2O2. The van der Waals surface area contributed by atoms with Crippen LogP contribution in [0.4, 0.5) is 4.39 Å². The lowest BCUT2D eigenvalue weighted by Gasteiger charge is -2.01. The fourth-order valence-corrected chi connectivity index (χ4v) is 1.49. The number of benzene rings is 1. The van der Waals surface area contributed by atoms with E-state index in [4.69, 9.17) is 5.11 Å². The van der Waals surface area contributed by atoms with Crippen LogP contribution in [-0.4, -0.2) is 20.9 Å². The molecule has 1 N–H and O–H groups in total. The van der Waals surface area contributed by atoms with Gasteiger partial charge in [0.05, 0.1) is 11.8 Å². The standard InChI is InChI=1S/C12H11FN2O2/c13-11-3-1-9(2-4-11)5-6-15-8-10(7-14-15)12(16)17/h1-4,7-8H,5-6H2,(H,16,17). The minimum atomic E-state index is -0.988. The molecule has 2 rings (SSSR count). The molecular weight excluding hydrogens is 223 g/mol. The maximum atomic E-state index is 12.7. The number of aromatic carboxylic acids is 1. The van der Waals surface area contributed by atoms with E-state index in [1.54, 1.807) is 16.8 Å². The summed E-state index contributed by atoms with van der Waals surface area (Å²) in [5.74, 6) is -1.25. The zero-order chi connectivity index (χ0) is 12.3. The summed E-state index contributed by atoms with van der Waals surface area (Å²) < 4.78 is 14.2. The van der Waals surface area contributed by atoms with Gasteiger partial charge >= 0.3 is 5.97 Å². The van der Waals surface area contributed by atoms with Crippen molar-refractivity contribution in [2.45, 2.75) is 13.0 Å². The van der Waals surface area contributed by atoms with Crippen molar-refractivity contribution in [1.29, 1.82) is 0 Å². The van der Waals surface area contributed by atoms with Crippen LogP contribution in [0, 0.1) is 5.82 Å². The molecule has 88 valence electrons. The van der Waals surface area contributed by atoms with Gasteiger partial charge in [-0.1, -0.05) is 12.1 Å². The number of carboxylic acids is 1. The number of carboxylic acid groups (broad SMARTS) is 1. The van der Waals surface area contributed by atoms with Crippen molar-refractivity contribution in [3.8, 4) is 0 Å². The van der Waals surface area contributed by atoms with E-state index in [0.29, 0.717) is 13.0 Å². The van der Waals surface area contributed by atoms with Crippen LogP contribution in [0.15, 0.2) is 36.7 Å². The van der Waals surface area contributed by atoms with Gasteiger partial charge < -0.3 is 5.11 Å². The highest BCUT2D eigenvalue weighted by atomic mass is 19.1. The monoisotopic (exact) mass is 234 g/mol. The Kier molecular flexibility index (Phi) is 3.18. The molecule has 4 nitrogen and oxygen atoms in total. The molecule has 5 heteroatoms. The smallest absolute Gasteiger partial charge is 0.338 e. The lowest BCUT2D eigenvalue weighted by Crippen LogP contribution is -2.02. The molecule has 0 radical (unpaired) electrons. The van der Waals surface area contributed by atoms with Gasteiger partial charge in [-0.2, -0.15) is 5.10 Å². The second-order valence-corrected chi connectivity index (χ2v) is 3.67. The topological polar surface area (TPSA) is 55.1 Å². The molecule has 1 aromatic carbocycles. The van der Waals surface area contributed by atoms with Crippen molar-refractivity contribution in [2.75, 3.05) is 0 Å². The summed E-state index contributed by atoms with van der Waals surface area (Å²) in [7, 11) is 0. The predicted octanol–water partition coefficient (Wildman–Crippen LogP) is 1.96. The number of aromatic nitrogens is 2. The molecule has 0 aliphatic carbocycles. The van der Waals surface area contributed by atoms with Crippen LogP contribution >= 0.6 is 0 Å². The van der Waals surface area contributed by atoms with E-state index in [-0.39, 0.29) is 11.4 Å². The molecule has 2 aromatic rings. The molecule has 0 atom stereocenters. The molecule has 0 aliphatic rings. The van der Waals surface area contributed by atoms with Gasteiger partial charge in [0.2, 0.25) is 0 Å². The van der Waals surface area contributed by atoms with Gasteiger partial charge in [0.25, 0.3) is 0 Å². The summed E-state index contributed by atoms with van der Waals surface area (Å²) in [5, 5.41) is 12.7. The number of hydrogen-bond donors (Lipinski definition) is 1. The Hall–Kier alpha value is -2.17. The third-order valence-corrected chi connectivity index (χ3v) is 2.42. The highest BCUT2D eigenvalue weighted by Gasteiger charge is 2.05. The second-order valence-electron chi connectivity index (χ2n) is 3.67. The summed E-state index contributed by atoms with van der Waals surface area (Å²) >= 11 is 0. The predicted molar refractivity (Wildman–Crippen MR) is 59.3 cm³/mol. The van der Waals surface area contributed by atoms with E-state index >= 15 is 0 Å². The third-order valence-electron chi connectivity index (χ3n) is 2.42. The van der Waals surface area contributed by atoms with Gasteiger partial charge in [0, 0.05) is 12.7 Å². The number of nitrogens with zero attached hydrogens (tertiary/aromatic N) is 2. The summed E-state index contributed by atoms with van der Waals surface area (Å²) in [5.41, 5.74) is 1.16. The van der Waals surface area contributed by atoms with E-state index in [9.17, 15) is 9.18 Å². The summed E-state index contributed by atoms with van der Waals surface area (Å²) in [6.07, 6.45) is 3.47. The lowest BCUT2D eigenvalue weighted by atomic mass is 10.1. The van der Waals surface area contributed by atoms with Gasteiger partial charge in [-0.05, 0) is 24.1 Å². The quantitative estimate of drug-likeness (QED) is 0.879. The molecule has 0 amide bonds. The minimum Gasteiger partial charge on any atom is -0.478 e. The fourth-order valence-electron chi connectivity index (χ4n) is 1.49. The van der Waals surface area contributed by atoms with Crippen molar-refractivity contribution in [2.24, 2.45) is 0 Å². The van der Waals surface area contributed by atoms with Crippen molar-refractivity contribution >= 4 is 5.97 Å². The molecule has 0 spiro atoms. The average Bonchev–Trinajstić information content (AvgIpc) is 2.77. The molecule has 1 heterocycles. The SMILES string of the molecule is O=C(O)c1cnn(CCc2ccc(F)cc2)c1. The van der Waals surface area contributed by atoms with Crippen LogP contribution in [0.25, 0.3) is 0 Å². The van der Waals surface area contributed by atoms with E-state index in [0.717, 1.165) is 5.56 Å². The maximum absolute atomic E-state index is 12.7. The summed E-state index contributed by atoms with van der Waals surface area (Å²) in [6, 6.07) is 6.22. The van der Waals surface area contributed by atoms with Gasteiger partial charge in [-0.25, -0.2) is 9.18 Å². The molecule has 0 bridgehead atoms. The Morgan fingerprint density at radius 2 is 2.06 bits per heavy atom. The third kappa shape index (κ3) is 2.90. The van der Waals surface area contributed by atoms with Gasteiger partial charge in [-0.15, -0.1) is 0 Å². The largest absolute Gasteiger partial charge is 0.478 e. The molecule has 0 saturated heterocycles. The Morgan fingerprint density at radius 3 is 2.65 bits per heavy atom. The molecule has 0 saturated carbocycles. The van der Waals surface area contributed by atoms with Crippen LogP contribution in [0.1, 0.15) is 15.9 Å². The highest BCUT2D eigenvalue weighted by Crippen LogP contribution is 2.05. The first-order chi connectivity index (χ1) is 8.15. The Morgan fingerprint density at radius 1 is 1.35 bits per heavy atom. The molecule has 0 aliphatic heterocycles. The van der Waals surface area contributed by atoms with Crippen LogP contribution < -0.4 is 0 Å². The summed E-state index contributed by atoms with van der Waals surface area (Å²) in [4.78, 5) is 10.6. The zero-order valence-electron chi connectivity index (χ0n) is 9.01. The number of carbonyl (C=O) groups is 1. The van der Waals surface area contributed by atoms with E-state index in [2.05, 4.69) is 5.10 Å². The first kappa shape index (κ1) is 11.3. The number of aryl methyl sites for hydroxylation is 2. The number of hydrogen-bond acceptors (Lipinski definition) is 2. The average molecular weight is 234 g/mol. The maximum Gasteiger partial charge on any atom is 0.338 e. The van der Waals surface area contributed by atoms with Crippen LogP contribution in [0.2, 0.25) is 0 Å². The molecule has 0 unspecified atom stereocenters. The lowest BCUT2D eigenvalue weighted by molar-refractivity contribution is 0.0697. The normalized spacial score (nSPS) is 10.4. The molecule has 17 heavy (non-hydrogen) atoms. The van der Waals surface area contributed by atoms with Crippen molar-refractivity contribution in [1.82, 2.24) is 9.78 Å². The van der Waals surface area contributed by atoms with E-state index < -0.39 is 5.97 Å². The minimum absolute atomic E-state index is 0.170. The first-order valence-electron chi connectivity index (χ1n) is 5.15. The van der Waals surface area contributed by atoms with Crippen LogP contribution in [0.5, 0.6) is 0 Å². The summed E-state index contributed by atoms with van der Waals surface area (Å²) in [6.45, 7) is 0.568. The van der Waals surface area contributed by atoms with Crippen LogP contribution in [-0.2, 0) is 13.0 Å². The van der Waals surface area contributed by atoms with Gasteiger partial charge in [0.15, 0.2) is 0 Å². The van der Waals surface area contributed by atoms with Crippen molar-refractivity contribution in [3.05, 3.63) is 53.6 Å². The van der Waals surface area contributed by atoms with Gasteiger partial charge in [-0.3, -0.25) is 4.68 Å². The highest BCUT2D eigenvalue weighted by molar-refractivity contribution is 5.86. The first-order valence-corrected chi connectivity index (χ1v) is 5.15. The van der Waals surface area contributed by atoms with Crippen LogP contribution in [0.3, 0.4) is 0 Å². The molecule has 0 fully saturated rings. The molecule has 1 aromatic heterocycles. The fraction of sp³-hybridized carbons (Fsp3) is 0.167. The van der Waals surface area contributed by atoms with Crippen molar-refractivity contribution in [3.63, 3.8) is 0 Å². The second kappa shape index (κ2) is 4.78.